The van der Waals surface area contributed by atoms with Crippen molar-refractivity contribution in [1.29, 1.82) is 0 Å². The maximum Gasteiger partial charge on any atom is 0.248 e. The second kappa shape index (κ2) is 13.3. The zero-order valence-corrected chi connectivity index (χ0v) is 29.2. The minimum Gasteiger partial charge on any atom is -0.416 e. The van der Waals surface area contributed by atoms with Gasteiger partial charge in [0.15, 0.2) is 0 Å². The summed E-state index contributed by atoms with van der Waals surface area (Å²) >= 11 is 0. The van der Waals surface area contributed by atoms with Crippen molar-refractivity contribution in [1.82, 2.24) is 14.8 Å². The molecule has 0 bridgehead atoms. The van der Waals surface area contributed by atoms with E-state index >= 15 is 0 Å². The lowest BCUT2D eigenvalue weighted by molar-refractivity contribution is 0.584. The van der Waals surface area contributed by atoms with Crippen LogP contribution < -0.4 is 0 Å². The number of hydrogen-bond donors (Lipinski definition) is 0. The monoisotopic (exact) mass is 671 g/mol. The molecule has 250 valence electrons. The molecule has 2 heterocycles. The molecule has 0 saturated heterocycles. The van der Waals surface area contributed by atoms with Crippen molar-refractivity contribution in [2.24, 2.45) is 0 Å². The molecule has 0 aliphatic rings. The minimum atomic E-state index is 0.493. The number of para-hydroxylation sites is 1. The molecule has 0 amide bonds. The molecular formula is C48H37N3O. The summed E-state index contributed by atoms with van der Waals surface area (Å²) in [5.74, 6) is 1.51. The Labute approximate surface area is 303 Å². The van der Waals surface area contributed by atoms with E-state index in [1.165, 1.54) is 55.3 Å². The van der Waals surface area contributed by atoms with Crippen molar-refractivity contribution in [3.63, 3.8) is 0 Å². The zero-order chi connectivity index (χ0) is 35.0. The van der Waals surface area contributed by atoms with Gasteiger partial charge in [-0.05, 0) is 112 Å². The first-order chi connectivity index (χ1) is 25.7. The number of benzene rings is 7. The van der Waals surface area contributed by atoms with Crippen LogP contribution in [0.25, 0.3) is 83.8 Å². The van der Waals surface area contributed by atoms with Crippen molar-refractivity contribution in [3.05, 3.63) is 175 Å². The van der Waals surface area contributed by atoms with Crippen LogP contribution in [0, 0.1) is 0 Å². The second-order valence-electron chi connectivity index (χ2n) is 13.4. The number of aromatic nitrogens is 3. The highest BCUT2D eigenvalue weighted by atomic mass is 16.4. The molecule has 52 heavy (non-hydrogen) atoms. The summed E-state index contributed by atoms with van der Waals surface area (Å²) in [6.45, 7) is 4.58. The number of rotatable bonds is 8. The molecule has 0 saturated carbocycles. The topological polar surface area (TPSA) is 43.9 Å². The Kier molecular flexibility index (Phi) is 8.05. The summed E-state index contributed by atoms with van der Waals surface area (Å²) in [5.41, 5.74) is 13.8. The third-order valence-corrected chi connectivity index (χ3v) is 10.3. The average molecular weight is 672 g/mol. The molecule has 0 spiro atoms. The van der Waals surface area contributed by atoms with Crippen LogP contribution in [0.2, 0.25) is 0 Å². The molecule has 2 aromatic heterocycles. The summed E-state index contributed by atoms with van der Waals surface area (Å²) in [4.78, 5) is 0. The normalized spacial score (nSPS) is 12.0. The Morgan fingerprint density at radius 2 is 0.962 bits per heavy atom. The predicted molar refractivity (Wildman–Crippen MR) is 215 cm³/mol. The van der Waals surface area contributed by atoms with Crippen molar-refractivity contribution in [2.75, 3.05) is 0 Å². The van der Waals surface area contributed by atoms with Gasteiger partial charge in [-0.2, -0.15) is 0 Å². The van der Waals surface area contributed by atoms with Crippen LogP contribution >= 0.6 is 0 Å². The quantitative estimate of drug-likeness (QED) is 0.161. The number of fused-ring (bicyclic) bond motifs is 3. The summed E-state index contributed by atoms with van der Waals surface area (Å²) in [6.07, 6.45) is 1.11. The molecular weight excluding hydrogens is 635 g/mol. The number of nitrogens with zero attached hydrogens (tertiary/aromatic N) is 3. The summed E-state index contributed by atoms with van der Waals surface area (Å²) < 4.78 is 8.44. The summed E-state index contributed by atoms with van der Waals surface area (Å²) in [6, 6.07) is 60.4. The Hall–Kier alpha value is -6.52. The highest BCUT2D eigenvalue weighted by Gasteiger charge is 2.18. The molecule has 1 atom stereocenters. The first kappa shape index (κ1) is 31.5. The van der Waals surface area contributed by atoms with Crippen LogP contribution in [-0.2, 0) is 0 Å². The van der Waals surface area contributed by atoms with Crippen LogP contribution in [0.1, 0.15) is 31.7 Å². The molecule has 0 radical (unpaired) electrons. The second-order valence-corrected chi connectivity index (χ2v) is 13.4. The van der Waals surface area contributed by atoms with E-state index in [1.54, 1.807) is 0 Å². The summed E-state index contributed by atoms with van der Waals surface area (Å²) in [5, 5.41) is 11.2. The van der Waals surface area contributed by atoms with Gasteiger partial charge in [0.2, 0.25) is 11.8 Å². The van der Waals surface area contributed by atoms with Gasteiger partial charge in [-0.3, -0.25) is 0 Å². The Morgan fingerprint density at radius 3 is 1.60 bits per heavy atom. The molecule has 0 aliphatic heterocycles. The van der Waals surface area contributed by atoms with Gasteiger partial charge >= 0.3 is 0 Å². The van der Waals surface area contributed by atoms with Gasteiger partial charge in [0, 0.05) is 27.6 Å². The predicted octanol–water partition coefficient (Wildman–Crippen LogP) is 13.0. The van der Waals surface area contributed by atoms with Gasteiger partial charge in [-0.25, -0.2) is 0 Å². The molecule has 0 fully saturated rings. The zero-order valence-electron chi connectivity index (χ0n) is 29.2. The molecule has 4 heteroatoms. The fraction of sp³-hybridized carbons (Fsp3) is 0.0833. The maximum atomic E-state index is 6.04. The molecule has 0 aliphatic carbocycles. The van der Waals surface area contributed by atoms with Crippen LogP contribution in [0.4, 0.5) is 0 Å². The van der Waals surface area contributed by atoms with Gasteiger partial charge in [0.1, 0.15) is 0 Å². The largest absolute Gasteiger partial charge is 0.416 e. The van der Waals surface area contributed by atoms with Crippen molar-refractivity contribution in [2.45, 2.75) is 26.2 Å². The van der Waals surface area contributed by atoms with Crippen molar-refractivity contribution >= 4 is 21.8 Å². The van der Waals surface area contributed by atoms with Crippen LogP contribution in [0.15, 0.2) is 174 Å². The van der Waals surface area contributed by atoms with Gasteiger partial charge < -0.3 is 8.98 Å². The number of hydrogen-bond acceptors (Lipinski definition) is 3. The van der Waals surface area contributed by atoms with E-state index in [4.69, 9.17) is 4.42 Å². The van der Waals surface area contributed by atoms with Crippen molar-refractivity contribution in [3.8, 4) is 62.0 Å². The van der Waals surface area contributed by atoms with E-state index in [9.17, 15) is 0 Å². The van der Waals surface area contributed by atoms with E-state index < -0.39 is 0 Å². The molecule has 1 unspecified atom stereocenters. The van der Waals surface area contributed by atoms with Gasteiger partial charge in [-0.15, -0.1) is 10.2 Å². The van der Waals surface area contributed by atoms with Gasteiger partial charge in [0.25, 0.3) is 0 Å². The highest BCUT2D eigenvalue weighted by Crippen LogP contribution is 2.41. The van der Waals surface area contributed by atoms with Crippen LogP contribution in [-0.4, -0.2) is 14.8 Å². The molecule has 4 nitrogen and oxygen atoms in total. The van der Waals surface area contributed by atoms with E-state index in [2.05, 4.69) is 168 Å². The van der Waals surface area contributed by atoms with E-state index in [1.807, 2.05) is 30.3 Å². The Balaban J connectivity index is 1.13. The maximum absolute atomic E-state index is 6.04. The van der Waals surface area contributed by atoms with Crippen LogP contribution in [0.3, 0.4) is 0 Å². The van der Waals surface area contributed by atoms with Gasteiger partial charge in [-0.1, -0.05) is 123 Å². The van der Waals surface area contributed by atoms with Crippen molar-refractivity contribution < 1.29 is 4.42 Å². The SMILES string of the molecule is CCC(C)c1ccc2c(c1)c1cc(-c3ccccc3-c3ccccc3-c3ccc(-c4nnc(-c5ccccc5)o4)cc3)ccc1n2-c1ccccc1. The third kappa shape index (κ3) is 5.59. The highest BCUT2D eigenvalue weighted by molar-refractivity contribution is 6.11. The lowest BCUT2D eigenvalue weighted by atomic mass is 9.89. The van der Waals surface area contributed by atoms with E-state index in [0.717, 1.165) is 28.7 Å². The molecule has 9 aromatic rings. The fourth-order valence-corrected chi connectivity index (χ4v) is 7.37. The Bertz CT molecular complexity index is 2670. The first-order valence-corrected chi connectivity index (χ1v) is 18.0. The van der Waals surface area contributed by atoms with E-state index in [0.29, 0.717) is 17.7 Å². The fourth-order valence-electron chi connectivity index (χ4n) is 7.37. The lowest BCUT2D eigenvalue weighted by Gasteiger charge is -2.15. The lowest BCUT2D eigenvalue weighted by Crippen LogP contribution is -1.94. The first-order valence-electron chi connectivity index (χ1n) is 18.0. The summed E-state index contributed by atoms with van der Waals surface area (Å²) in [7, 11) is 0. The van der Waals surface area contributed by atoms with E-state index in [-0.39, 0.29) is 0 Å². The Morgan fingerprint density at radius 1 is 0.481 bits per heavy atom. The molecule has 7 aromatic carbocycles. The molecule has 0 N–H and O–H groups in total. The average Bonchev–Trinajstić information content (AvgIpc) is 3.84. The van der Waals surface area contributed by atoms with Crippen LogP contribution in [0.5, 0.6) is 0 Å². The third-order valence-electron chi connectivity index (χ3n) is 10.3. The van der Waals surface area contributed by atoms with Gasteiger partial charge in [0.05, 0.1) is 11.0 Å². The standard InChI is InChI=1S/C48H37N3O/c1-3-32(2)36-26-28-45-43(30-36)44-31-37(27-29-46(44)51(45)38-16-8-5-9-17-38)40-19-11-13-21-42(40)41-20-12-10-18-39(41)33-22-24-35(25-23-33)48-50-49-47(52-48)34-14-6-4-7-15-34/h4-32H,3H2,1-2H3. The minimum absolute atomic E-state index is 0.493. The molecule has 9 rings (SSSR count). The smallest absolute Gasteiger partial charge is 0.248 e.